The van der Waals surface area contributed by atoms with Gasteiger partial charge < -0.3 is 14.8 Å². The van der Waals surface area contributed by atoms with Crippen LogP contribution in [-0.2, 0) is 9.47 Å². The van der Waals surface area contributed by atoms with E-state index in [1.165, 1.54) is 16.2 Å². The van der Waals surface area contributed by atoms with E-state index in [0.29, 0.717) is 19.1 Å². The molecule has 1 aromatic rings. The second-order valence-electron chi connectivity index (χ2n) is 4.71. The van der Waals surface area contributed by atoms with Crippen LogP contribution in [0.5, 0.6) is 0 Å². The van der Waals surface area contributed by atoms with E-state index in [2.05, 4.69) is 29.6 Å². The average Bonchev–Trinajstić information content (AvgIpc) is 2.85. The van der Waals surface area contributed by atoms with Crippen molar-refractivity contribution in [1.82, 2.24) is 5.32 Å². The molecule has 1 aliphatic rings. The highest BCUT2D eigenvalue weighted by Gasteiger charge is 2.21. The van der Waals surface area contributed by atoms with Crippen molar-refractivity contribution < 1.29 is 9.47 Å². The van der Waals surface area contributed by atoms with E-state index in [-0.39, 0.29) is 0 Å². The van der Waals surface area contributed by atoms with Gasteiger partial charge in [0.25, 0.3) is 0 Å². The molecule has 0 aromatic heterocycles. The molecule has 1 heterocycles. The molecule has 106 valence electrons. The number of thioether (sulfide) groups is 1. The summed E-state index contributed by atoms with van der Waals surface area (Å²) in [6, 6.07) is 8.75. The number of rotatable bonds is 9. The highest BCUT2D eigenvalue weighted by Crippen LogP contribution is 2.38. The Morgan fingerprint density at radius 3 is 3.05 bits per heavy atom. The number of ether oxygens (including phenoxy) is 2. The van der Waals surface area contributed by atoms with Crippen LogP contribution in [0.2, 0.25) is 0 Å². The zero-order valence-electron chi connectivity index (χ0n) is 11.6. The lowest BCUT2D eigenvalue weighted by Gasteiger charge is -2.12. The summed E-state index contributed by atoms with van der Waals surface area (Å²) < 4.78 is 10.4. The summed E-state index contributed by atoms with van der Waals surface area (Å²) in [6.07, 6.45) is 1.06. The zero-order valence-corrected chi connectivity index (χ0v) is 12.4. The minimum atomic E-state index is 0.663. The maximum atomic E-state index is 5.43. The quantitative estimate of drug-likeness (QED) is 0.705. The molecule has 3 nitrogen and oxygen atoms in total. The van der Waals surface area contributed by atoms with Crippen LogP contribution >= 0.6 is 11.8 Å². The number of hydrogen-bond donors (Lipinski definition) is 1. The minimum absolute atomic E-state index is 0.663. The molecular formula is C15H23NO2S. The van der Waals surface area contributed by atoms with Gasteiger partial charge in [-0.1, -0.05) is 18.2 Å². The highest BCUT2D eigenvalue weighted by molar-refractivity contribution is 7.99. The van der Waals surface area contributed by atoms with Gasteiger partial charge in [-0.2, -0.15) is 0 Å². The van der Waals surface area contributed by atoms with Crippen LogP contribution in [0.3, 0.4) is 0 Å². The monoisotopic (exact) mass is 281 g/mol. The van der Waals surface area contributed by atoms with Gasteiger partial charge in [0, 0.05) is 36.8 Å². The first-order valence-corrected chi connectivity index (χ1v) is 7.89. The van der Waals surface area contributed by atoms with Gasteiger partial charge in [-0.05, 0) is 24.6 Å². The third-order valence-electron chi connectivity index (χ3n) is 3.26. The lowest BCUT2D eigenvalue weighted by molar-refractivity contribution is 0.0695. The van der Waals surface area contributed by atoms with Crippen LogP contribution in [0, 0.1) is 0 Å². The fourth-order valence-corrected chi connectivity index (χ4v) is 3.47. The Bertz CT molecular complexity index is 373. The van der Waals surface area contributed by atoms with Crippen molar-refractivity contribution in [1.29, 1.82) is 0 Å². The number of hydrogen-bond acceptors (Lipinski definition) is 4. The van der Waals surface area contributed by atoms with Crippen LogP contribution in [0.1, 0.15) is 17.9 Å². The average molecular weight is 281 g/mol. The van der Waals surface area contributed by atoms with Gasteiger partial charge in [0.2, 0.25) is 0 Å². The topological polar surface area (TPSA) is 30.5 Å². The summed E-state index contributed by atoms with van der Waals surface area (Å²) in [5.41, 5.74) is 1.51. The first-order chi connectivity index (χ1) is 9.42. The van der Waals surface area contributed by atoms with Gasteiger partial charge in [0.15, 0.2) is 0 Å². The number of benzene rings is 1. The largest absolute Gasteiger partial charge is 0.382 e. The SMILES string of the molecule is COCCOCCCNCC1CSc2ccccc21. The molecule has 0 saturated heterocycles. The van der Waals surface area contributed by atoms with Crippen LogP contribution in [0.25, 0.3) is 0 Å². The highest BCUT2D eigenvalue weighted by atomic mass is 32.2. The summed E-state index contributed by atoms with van der Waals surface area (Å²) in [5, 5.41) is 3.53. The molecule has 1 N–H and O–H groups in total. The van der Waals surface area contributed by atoms with Gasteiger partial charge in [0.05, 0.1) is 13.2 Å². The molecule has 4 heteroatoms. The Balaban J connectivity index is 1.55. The molecular weight excluding hydrogens is 258 g/mol. The Kier molecular flexibility index (Phi) is 6.71. The van der Waals surface area contributed by atoms with Crippen molar-refractivity contribution in [3.8, 4) is 0 Å². The van der Waals surface area contributed by atoms with E-state index in [1.54, 1.807) is 7.11 Å². The summed E-state index contributed by atoms with van der Waals surface area (Å²) in [4.78, 5) is 1.46. The summed E-state index contributed by atoms with van der Waals surface area (Å²) in [5.74, 6) is 1.87. The van der Waals surface area contributed by atoms with Crippen LogP contribution < -0.4 is 5.32 Å². The van der Waals surface area contributed by atoms with Crippen molar-refractivity contribution in [2.75, 3.05) is 45.8 Å². The van der Waals surface area contributed by atoms with E-state index < -0.39 is 0 Å². The molecule has 0 radical (unpaired) electrons. The summed E-state index contributed by atoms with van der Waals surface area (Å²) in [7, 11) is 1.70. The standard InChI is InChI=1S/C15H23NO2S/c1-17-9-10-18-8-4-7-16-11-13-12-19-15-6-3-2-5-14(13)15/h2-3,5-6,13,16H,4,7-12H2,1H3. The van der Waals surface area contributed by atoms with E-state index in [1.807, 2.05) is 11.8 Å². The van der Waals surface area contributed by atoms with Gasteiger partial charge in [-0.15, -0.1) is 11.8 Å². The van der Waals surface area contributed by atoms with E-state index in [9.17, 15) is 0 Å². The van der Waals surface area contributed by atoms with Gasteiger partial charge in [-0.3, -0.25) is 0 Å². The Morgan fingerprint density at radius 1 is 1.26 bits per heavy atom. The molecule has 0 spiro atoms. The molecule has 1 aliphatic heterocycles. The lowest BCUT2D eigenvalue weighted by atomic mass is 10.0. The van der Waals surface area contributed by atoms with Crippen molar-refractivity contribution in [2.45, 2.75) is 17.2 Å². The Labute approximate surface area is 120 Å². The normalized spacial score (nSPS) is 17.6. The first kappa shape index (κ1) is 14.9. The molecule has 1 atom stereocenters. The fourth-order valence-electron chi connectivity index (χ4n) is 2.22. The van der Waals surface area contributed by atoms with Gasteiger partial charge >= 0.3 is 0 Å². The first-order valence-electron chi connectivity index (χ1n) is 6.91. The van der Waals surface area contributed by atoms with Crippen LogP contribution in [0.4, 0.5) is 0 Å². The molecule has 0 saturated carbocycles. The number of nitrogens with one attached hydrogen (secondary N) is 1. The van der Waals surface area contributed by atoms with E-state index in [4.69, 9.17) is 9.47 Å². The van der Waals surface area contributed by atoms with Crippen molar-refractivity contribution in [3.05, 3.63) is 29.8 Å². The minimum Gasteiger partial charge on any atom is -0.382 e. The van der Waals surface area contributed by atoms with E-state index in [0.717, 1.165) is 26.1 Å². The Hall–Kier alpha value is -0.550. The summed E-state index contributed by atoms with van der Waals surface area (Å²) in [6.45, 7) is 4.29. The number of fused-ring (bicyclic) bond motifs is 1. The van der Waals surface area contributed by atoms with Gasteiger partial charge in [0.1, 0.15) is 0 Å². The van der Waals surface area contributed by atoms with Crippen LogP contribution in [-0.4, -0.2) is 45.8 Å². The van der Waals surface area contributed by atoms with Crippen molar-refractivity contribution in [2.24, 2.45) is 0 Å². The fraction of sp³-hybridized carbons (Fsp3) is 0.600. The predicted octanol–water partition coefficient (Wildman–Crippen LogP) is 2.52. The smallest absolute Gasteiger partial charge is 0.0700 e. The number of methoxy groups -OCH3 is 1. The van der Waals surface area contributed by atoms with Crippen LogP contribution in [0.15, 0.2) is 29.2 Å². The molecule has 1 aromatic carbocycles. The predicted molar refractivity (Wildman–Crippen MR) is 80.1 cm³/mol. The molecule has 19 heavy (non-hydrogen) atoms. The molecule has 0 amide bonds. The van der Waals surface area contributed by atoms with Crippen molar-refractivity contribution >= 4 is 11.8 Å². The Morgan fingerprint density at radius 2 is 2.16 bits per heavy atom. The summed E-state index contributed by atoms with van der Waals surface area (Å²) >= 11 is 1.97. The second kappa shape index (κ2) is 8.59. The third-order valence-corrected chi connectivity index (χ3v) is 4.52. The van der Waals surface area contributed by atoms with E-state index >= 15 is 0 Å². The third kappa shape index (κ3) is 4.80. The maximum absolute atomic E-state index is 5.43. The second-order valence-corrected chi connectivity index (χ2v) is 5.77. The maximum Gasteiger partial charge on any atom is 0.0700 e. The zero-order chi connectivity index (χ0) is 13.3. The molecule has 2 rings (SSSR count). The molecule has 0 aliphatic carbocycles. The molecule has 0 fully saturated rings. The lowest BCUT2D eigenvalue weighted by Crippen LogP contribution is -2.23. The molecule has 1 unspecified atom stereocenters. The van der Waals surface area contributed by atoms with Gasteiger partial charge in [-0.25, -0.2) is 0 Å². The molecule has 0 bridgehead atoms. The van der Waals surface area contributed by atoms with Crippen molar-refractivity contribution in [3.63, 3.8) is 0 Å².